The maximum absolute atomic E-state index is 9.03. The molecule has 6 nitrogen and oxygen atoms in total. The second-order valence-electron chi connectivity index (χ2n) is 7.35. The molecule has 1 fully saturated rings. The number of piperidine rings is 1. The summed E-state index contributed by atoms with van der Waals surface area (Å²) in [6, 6.07) is 11.4. The number of hydrogen-bond acceptors (Lipinski definition) is 7. The maximum atomic E-state index is 9.03. The van der Waals surface area contributed by atoms with E-state index in [0.29, 0.717) is 29.7 Å². The van der Waals surface area contributed by atoms with Gasteiger partial charge in [0.1, 0.15) is 6.61 Å². The molecule has 1 aromatic carbocycles. The molecule has 0 bridgehead atoms. The van der Waals surface area contributed by atoms with E-state index in [1.54, 1.807) is 23.6 Å². The molecule has 7 heteroatoms. The van der Waals surface area contributed by atoms with Crippen LogP contribution in [0.2, 0.25) is 0 Å². The molecule has 3 heterocycles. The third-order valence-corrected chi connectivity index (χ3v) is 6.42. The van der Waals surface area contributed by atoms with E-state index in [4.69, 9.17) is 15.7 Å². The van der Waals surface area contributed by atoms with Gasteiger partial charge in [-0.25, -0.2) is 9.97 Å². The monoisotopic (exact) mass is 405 g/mol. The molecular formula is C22H23N5OS. The van der Waals surface area contributed by atoms with Crippen molar-refractivity contribution >= 4 is 17.2 Å². The minimum absolute atomic E-state index is 0.328. The van der Waals surface area contributed by atoms with Gasteiger partial charge < -0.3 is 15.4 Å². The topological polar surface area (TPSA) is 88.1 Å². The first kappa shape index (κ1) is 19.4. The van der Waals surface area contributed by atoms with Crippen LogP contribution in [0.1, 0.15) is 34.9 Å². The van der Waals surface area contributed by atoms with Crippen LogP contribution in [0.25, 0.3) is 10.4 Å². The molecule has 1 aliphatic heterocycles. The van der Waals surface area contributed by atoms with E-state index in [1.165, 1.54) is 5.01 Å². The average molecular weight is 406 g/mol. The highest BCUT2D eigenvalue weighted by Crippen LogP contribution is 2.36. The highest BCUT2D eigenvalue weighted by atomic mass is 32.1. The molecular weight excluding hydrogens is 382 g/mol. The number of rotatable bonds is 5. The molecule has 0 radical (unpaired) electrons. The van der Waals surface area contributed by atoms with Crippen molar-refractivity contribution in [1.82, 2.24) is 14.9 Å². The summed E-state index contributed by atoms with van der Waals surface area (Å²) in [5, 5.41) is 10.2. The molecule has 3 aromatic rings. The van der Waals surface area contributed by atoms with Crippen molar-refractivity contribution < 1.29 is 4.74 Å². The summed E-state index contributed by atoms with van der Waals surface area (Å²) in [6.45, 7) is 2.57. The fourth-order valence-electron chi connectivity index (χ4n) is 3.46. The van der Waals surface area contributed by atoms with E-state index < -0.39 is 0 Å². The fraction of sp³-hybridized carbons (Fsp3) is 0.318. The van der Waals surface area contributed by atoms with Gasteiger partial charge in [0.05, 0.1) is 21.5 Å². The minimum Gasteiger partial charge on any atom is -0.485 e. The zero-order chi connectivity index (χ0) is 20.2. The molecule has 0 aliphatic carbocycles. The van der Waals surface area contributed by atoms with Gasteiger partial charge in [-0.2, -0.15) is 5.26 Å². The van der Waals surface area contributed by atoms with Gasteiger partial charge in [0, 0.05) is 23.9 Å². The molecule has 1 saturated heterocycles. The summed E-state index contributed by atoms with van der Waals surface area (Å²) in [5.74, 6) is 1.43. The van der Waals surface area contributed by atoms with Crippen molar-refractivity contribution in [3.05, 3.63) is 58.9 Å². The standard InChI is InChI=1S/C22H23N5OS/c1-27-7-5-17(6-8-27)22-26-13-20(29-22)18-10-19(21(24)25-12-18)28-14-16-4-2-3-15(9-16)11-23/h2-4,9-10,12-13,17H,5-8,14H2,1H3,(H2,24,25). The molecule has 1 aliphatic rings. The molecule has 0 amide bonds. The number of nitrogen functional groups attached to an aromatic ring is 1. The molecule has 0 spiro atoms. The largest absolute Gasteiger partial charge is 0.485 e. The Morgan fingerprint density at radius 2 is 2.07 bits per heavy atom. The van der Waals surface area contributed by atoms with Crippen molar-refractivity contribution in [3.8, 4) is 22.3 Å². The van der Waals surface area contributed by atoms with Gasteiger partial charge in [0.15, 0.2) is 11.6 Å². The van der Waals surface area contributed by atoms with Crippen LogP contribution in [0.4, 0.5) is 5.82 Å². The lowest BCUT2D eigenvalue weighted by atomic mass is 9.98. The third kappa shape index (κ3) is 4.56. The first-order chi connectivity index (χ1) is 14.1. The molecule has 29 heavy (non-hydrogen) atoms. The normalized spacial score (nSPS) is 15.2. The molecule has 0 unspecified atom stereocenters. The number of nitriles is 1. The number of aromatic nitrogens is 2. The SMILES string of the molecule is CN1CCC(c2ncc(-c3cnc(N)c(OCc4cccc(C#N)c4)c3)s2)CC1. The van der Waals surface area contributed by atoms with Crippen LogP contribution in [0, 0.1) is 11.3 Å². The number of ether oxygens (including phenoxy) is 1. The number of benzene rings is 1. The quantitative estimate of drug-likeness (QED) is 0.689. The van der Waals surface area contributed by atoms with Gasteiger partial charge in [-0.15, -0.1) is 11.3 Å². The fourth-order valence-corrected chi connectivity index (χ4v) is 4.53. The van der Waals surface area contributed by atoms with E-state index >= 15 is 0 Å². The van der Waals surface area contributed by atoms with Crippen molar-refractivity contribution in [2.24, 2.45) is 0 Å². The van der Waals surface area contributed by atoms with E-state index in [0.717, 1.165) is 41.9 Å². The molecule has 2 N–H and O–H groups in total. The number of hydrogen-bond donors (Lipinski definition) is 1. The Balaban J connectivity index is 1.49. The number of likely N-dealkylation sites (tertiary alicyclic amines) is 1. The second kappa shape index (κ2) is 8.60. The Kier molecular flexibility index (Phi) is 5.74. The number of nitrogens with zero attached hydrogens (tertiary/aromatic N) is 4. The second-order valence-corrected chi connectivity index (χ2v) is 8.41. The van der Waals surface area contributed by atoms with Gasteiger partial charge >= 0.3 is 0 Å². The van der Waals surface area contributed by atoms with Gasteiger partial charge in [-0.1, -0.05) is 12.1 Å². The lowest BCUT2D eigenvalue weighted by Gasteiger charge is -2.27. The average Bonchev–Trinajstić information content (AvgIpc) is 3.24. The number of pyridine rings is 1. The van der Waals surface area contributed by atoms with Gasteiger partial charge in [0.25, 0.3) is 0 Å². The van der Waals surface area contributed by atoms with Crippen LogP contribution < -0.4 is 10.5 Å². The Morgan fingerprint density at radius 1 is 1.24 bits per heavy atom. The van der Waals surface area contributed by atoms with Crippen LogP contribution in [0.15, 0.2) is 42.7 Å². The van der Waals surface area contributed by atoms with Crippen molar-refractivity contribution in [2.45, 2.75) is 25.4 Å². The van der Waals surface area contributed by atoms with Gasteiger partial charge in [-0.3, -0.25) is 0 Å². The summed E-state index contributed by atoms with van der Waals surface area (Å²) in [6.07, 6.45) is 6.00. The van der Waals surface area contributed by atoms with Crippen LogP contribution in [0.3, 0.4) is 0 Å². The zero-order valence-electron chi connectivity index (χ0n) is 16.3. The van der Waals surface area contributed by atoms with E-state index in [1.807, 2.05) is 30.5 Å². The lowest BCUT2D eigenvalue weighted by molar-refractivity contribution is 0.255. The van der Waals surface area contributed by atoms with E-state index in [2.05, 4.69) is 28.0 Å². The molecule has 4 rings (SSSR count). The first-order valence-electron chi connectivity index (χ1n) is 9.64. The Hall–Kier alpha value is -2.95. The number of anilines is 1. The number of nitrogens with two attached hydrogens (primary N) is 1. The first-order valence-corrected chi connectivity index (χ1v) is 10.5. The van der Waals surface area contributed by atoms with Gasteiger partial charge in [0.2, 0.25) is 0 Å². The van der Waals surface area contributed by atoms with Crippen LogP contribution in [0.5, 0.6) is 5.75 Å². The zero-order valence-corrected chi connectivity index (χ0v) is 17.2. The number of thiazole rings is 1. The van der Waals surface area contributed by atoms with E-state index in [9.17, 15) is 0 Å². The highest BCUT2D eigenvalue weighted by molar-refractivity contribution is 7.15. The van der Waals surface area contributed by atoms with Crippen molar-refractivity contribution in [3.63, 3.8) is 0 Å². The third-order valence-electron chi connectivity index (χ3n) is 5.21. The molecule has 0 atom stereocenters. The molecule has 0 saturated carbocycles. The van der Waals surface area contributed by atoms with Crippen LogP contribution in [-0.2, 0) is 6.61 Å². The van der Waals surface area contributed by atoms with Crippen LogP contribution in [-0.4, -0.2) is 35.0 Å². The maximum Gasteiger partial charge on any atom is 0.166 e. The molecule has 2 aromatic heterocycles. The summed E-state index contributed by atoms with van der Waals surface area (Å²) in [7, 11) is 2.17. The predicted octanol–water partition coefficient (Wildman–Crippen LogP) is 4.05. The molecule has 148 valence electrons. The predicted molar refractivity (Wildman–Crippen MR) is 115 cm³/mol. The minimum atomic E-state index is 0.328. The summed E-state index contributed by atoms with van der Waals surface area (Å²) in [4.78, 5) is 12.4. The van der Waals surface area contributed by atoms with Gasteiger partial charge in [-0.05, 0) is 56.7 Å². The Bertz CT molecular complexity index is 1030. The van der Waals surface area contributed by atoms with E-state index in [-0.39, 0.29) is 0 Å². The Morgan fingerprint density at radius 3 is 2.86 bits per heavy atom. The van der Waals surface area contributed by atoms with Crippen molar-refractivity contribution in [2.75, 3.05) is 25.9 Å². The summed E-state index contributed by atoms with van der Waals surface area (Å²) >= 11 is 1.73. The summed E-state index contributed by atoms with van der Waals surface area (Å²) < 4.78 is 5.90. The van der Waals surface area contributed by atoms with Crippen molar-refractivity contribution in [1.29, 1.82) is 5.26 Å². The summed E-state index contributed by atoms with van der Waals surface area (Å²) in [5.41, 5.74) is 8.49. The lowest BCUT2D eigenvalue weighted by Crippen LogP contribution is -2.29. The Labute approximate surface area is 174 Å². The smallest absolute Gasteiger partial charge is 0.166 e. The van der Waals surface area contributed by atoms with Crippen LogP contribution >= 0.6 is 11.3 Å². The highest BCUT2D eigenvalue weighted by Gasteiger charge is 2.21.